The molecule has 5 heteroatoms. The average molecular weight is 247 g/mol. The molecule has 0 aromatic carbocycles. The number of likely N-dealkylation sites (N-methyl/N-ethyl adjacent to an activating group) is 1. The summed E-state index contributed by atoms with van der Waals surface area (Å²) >= 11 is 0. The number of amides is 2. The fraction of sp³-hybridized carbons (Fsp3) is 0.769. The van der Waals surface area contributed by atoms with Crippen molar-refractivity contribution in [2.24, 2.45) is 17.8 Å². The van der Waals surface area contributed by atoms with E-state index in [1.807, 2.05) is 6.92 Å². The minimum atomic E-state index is -0.725. The first kappa shape index (κ1) is 11.7. The van der Waals surface area contributed by atoms with E-state index in [9.17, 15) is 14.9 Å². The second kappa shape index (κ2) is 3.79. The second-order valence-electron chi connectivity index (χ2n) is 5.60. The van der Waals surface area contributed by atoms with Crippen molar-refractivity contribution in [3.63, 3.8) is 0 Å². The number of nitrogens with zero attached hydrogens (tertiary/aromatic N) is 2. The molecule has 0 aromatic rings. The van der Waals surface area contributed by atoms with E-state index < -0.39 is 5.54 Å². The van der Waals surface area contributed by atoms with Gasteiger partial charge in [0.2, 0.25) is 11.8 Å². The van der Waals surface area contributed by atoms with Crippen molar-refractivity contribution in [3.05, 3.63) is 0 Å². The van der Waals surface area contributed by atoms with Gasteiger partial charge in [-0.05, 0) is 31.7 Å². The van der Waals surface area contributed by atoms with Crippen molar-refractivity contribution in [2.45, 2.75) is 31.7 Å². The van der Waals surface area contributed by atoms with Gasteiger partial charge in [-0.3, -0.25) is 19.8 Å². The van der Waals surface area contributed by atoms with Gasteiger partial charge in [0.15, 0.2) is 0 Å². The summed E-state index contributed by atoms with van der Waals surface area (Å²) in [6.07, 6.45) is 2.73. The normalized spacial score (nSPS) is 33.0. The second-order valence-corrected chi connectivity index (χ2v) is 5.60. The Hall–Kier alpha value is -1.41. The van der Waals surface area contributed by atoms with E-state index in [1.54, 1.807) is 0 Å². The topological polar surface area (TPSA) is 73.2 Å². The zero-order chi connectivity index (χ0) is 12.9. The first-order valence-electron chi connectivity index (χ1n) is 6.64. The third kappa shape index (κ3) is 1.56. The predicted octanol–water partition coefficient (Wildman–Crippen LogP) is 0.273. The maximum Gasteiger partial charge on any atom is 0.233 e. The highest BCUT2D eigenvalue weighted by molar-refractivity contribution is 6.08. The molecule has 3 aliphatic rings. The lowest BCUT2D eigenvalue weighted by Crippen LogP contribution is -2.56. The number of imide groups is 1. The van der Waals surface area contributed by atoms with Crippen LogP contribution >= 0.6 is 0 Å². The van der Waals surface area contributed by atoms with Crippen LogP contribution in [0.4, 0.5) is 0 Å². The van der Waals surface area contributed by atoms with Crippen molar-refractivity contribution in [1.29, 1.82) is 5.26 Å². The number of carbonyl (C=O) groups is 2. The number of nitriles is 1. The Kier molecular flexibility index (Phi) is 2.46. The summed E-state index contributed by atoms with van der Waals surface area (Å²) in [5, 5.41) is 12.7. The van der Waals surface area contributed by atoms with Crippen LogP contribution in [0.3, 0.4) is 0 Å². The standard InChI is InChI=1S/C13H17N3O2/c1-2-15-13(6-14,8-3-4-8)7-16-11(17)9-5-10(9)12(16)18/h8-10,15H,2-5,7H2,1H3. The molecule has 1 heterocycles. The molecule has 1 saturated heterocycles. The number of fused-ring (bicyclic) bond motifs is 1. The van der Waals surface area contributed by atoms with Crippen LogP contribution in [0.1, 0.15) is 26.2 Å². The van der Waals surface area contributed by atoms with Gasteiger partial charge in [-0.15, -0.1) is 0 Å². The molecule has 3 atom stereocenters. The van der Waals surface area contributed by atoms with Crippen molar-refractivity contribution >= 4 is 11.8 Å². The van der Waals surface area contributed by atoms with Crippen LogP contribution in [0, 0.1) is 29.1 Å². The Labute approximate surface area is 106 Å². The molecular formula is C13H17N3O2. The number of rotatable bonds is 5. The number of hydrogen-bond acceptors (Lipinski definition) is 4. The molecule has 3 fully saturated rings. The van der Waals surface area contributed by atoms with E-state index in [0.717, 1.165) is 19.3 Å². The van der Waals surface area contributed by atoms with E-state index in [2.05, 4.69) is 11.4 Å². The Morgan fingerprint density at radius 1 is 1.39 bits per heavy atom. The van der Waals surface area contributed by atoms with Gasteiger partial charge >= 0.3 is 0 Å². The molecule has 18 heavy (non-hydrogen) atoms. The summed E-state index contributed by atoms with van der Waals surface area (Å²) in [5.41, 5.74) is -0.725. The van der Waals surface area contributed by atoms with E-state index in [1.165, 1.54) is 4.90 Å². The fourth-order valence-electron chi connectivity index (χ4n) is 3.04. The van der Waals surface area contributed by atoms with Gasteiger partial charge < -0.3 is 0 Å². The quantitative estimate of drug-likeness (QED) is 0.708. The first-order chi connectivity index (χ1) is 8.63. The Bertz CT molecular complexity index is 432. The molecule has 3 rings (SSSR count). The van der Waals surface area contributed by atoms with Gasteiger partial charge in [0.05, 0.1) is 24.4 Å². The summed E-state index contributed by atoms with van der Waals surface area (Å²) in [4.78, 5) is 25.3. The van der Waals surface area contributed by atoms with Crippen LogP contribution in [0.5, 0.6) is 0 Å². The lowest BCUT2D eigenvalue weighted by atomic mass is 9.94. The highest BCUT2D eigenvalue weighted by Crippen LogP contribution is 2.48. The zero-order valence-corrected chi connectivity index (χ0v) is 10.5. The van der Waals surface area contributed by atoms with Crippen molar-refractivity contribution in [1.82, 2.24) is 10.2 Å². The molecule has 96 valence electrons. The molecule has 0 bridgehead atoms. The number of nitrogens with one attached hydrogen (secondary N) is 1. The number of likely N-dealkylation sites (tertiary alicyclic amines) is 1. The van der Waals surface area contributed by atoms with Crippen molar-refractivity contribution in [3.8, 4) is 6.07 Å². The monoisotopic (exact) mass is 247 g/mol. The number of carbonyl (C=O) groups excluding carboxylic acids is 2. The van der Waals surface area contributed by atoms with Gasteiger partial charge in [-0.1, -0.05) is 6.92 Å². The average Bonchev–Trinajstić information content (AvgIpc) is 3.24. The third-order valence-corrected chi connectivity index (χ3v) is 4.33. The molecule has 2 saturated carbocycles. The zero-order valence-electron chi connectivity index (χ0n) is 10.5. The van der Waals surface area contributed by atoms with Crippen molar-refractivity contribution in [2.75, 3.05) is 13.1 Å². The van der Waals surface area contributed by atoms with E-state index in [4.69, 9.17) is 0 Å². The van der Waals surface area contributed by atoms with Crippen LogP contribution < -0.4 is 5.32 Å². The van der Waals surface area contributed by atoms with Crippen LogP contribution in [0.25, 0.3) is 0 Å². The first-order valence-corrected chi connectivity index (χ1v) is 6.64. The van der Waals surface area contributed by atoms with E-state index in [0.29, 0.717) is 6.54 Å². The molecule has 0 radical (unpaired) electrons. The molecule has 3 unspecified atom stereocenters. The maximum atomic E-state index is 12.0. The maximum absolute atomic E-state index is 12.0. The van der Waals surface area contributed by atoms with Crippen LogP contribution in [-0.2, 0) is 9.59 Å². The number of hydrogen-bond donors (Lipinski definition) is 1. The predicted molar refractivity (Wildman–Crippen MR) is 63.1 cm³/mol. The lowest BCUT2D eigenvalue weighted by molar-refractivity contribution is -0.142. The molecule has 1 N–H and O–H groups in total. The molecule has 0 aromatic heterocycles. The number of piperidine rings is 1. The summed E-state index contributed by atoms with van der Waals surface area (Å²) in [6, 6.07) is 2.32. The highest BCUT2D eigenvalue weighted by atomic mass is 16.2. The molecule has 2 amide bonds. The van der Waals surface area contributed by atoms with E-state index >= 15 is 0 Å². The highest BCUT2D eigenvalue weighted by Gasteiger charge is 2.61. The smallest absolute Gasteiger partial charge is 0.233 e. The Morgan fingerprint density at radius 3 is 2.44 bits per heavy atom. The fourth-order valence-corrected chi connectivity index (χ4v) is 3.04. The SMILES string of the molecule is CCNC(C#N)(CN1C(=O)C2CC2C1=O)C1CC1. The molecule has 5 nitrogen and oxygen atoms in total. The van der Waals surface area contributed by atoms with Gasteiger partial charge in [0, 0.05) is 0 Å². The summed E-state index contributed by atoms with van der Waals surface area (Å²) in [5.74, 6) is -0.00391. The van der Waals surface area contributed by atoms with Gasteiger partial charge in [0.25, 0.3) is 0 Å². The minimum absolute atomic E-state index is 0.0665. The minimum Gasteiger partial charge on any atom is -0.298 e. The molecule has 2 aliphatic carbocycles. The van der Waals surface area contributed by atoms with Gasteiger partial charge in [-0.25, -0.2) is 0 Å². The van der Waals surface area contributed by atoms with E-state index in [-0.39, 0.29) is 36.1 Å². The summed E-state index contributed by atoms with van der Waals surface area (Å²) in [6.45, 7) is 2.85. The lowest BCUT2D eigenvalue weighted by Gasteiger charge is -2.31. The summed E-state index contributed by atoms with van der Waals surface area (Å²) < 4.78 is 0. The largest absolute Gasteiger partial charge is 0.298 e. The molecular weight excluding hydrogens is 230 g/mol. The molecule has 1 aliphatic heterocycles. The van der Waals surface area contributed by atoms with Gasteiger partial charge in [0.1, 0.15) is 5.54 Å². The Morgan fingerprint density at radius 2 is 2.00 bits per heavy atom. The Balaban J connectivity index is 1.79. The van der Waals surface area contributed by atoms with Crippen molar-refractivity contribution < 1.29 is 9.59 Å². The third-order valence-electron chi connectivity index (χ3n) is 4.33. The molecule has 0 spiro atoms. The van der Waals surface area contributed by atoms with Gasteiger partial charge in [-0.2, -0.15) is 5.26 Å². The van der Waals surface area contributed by atoms with Crippen LogP contribution in [-0.4, -0.2) is 35.3 Å². The van der Waals surface area contributed by atoms with Crippen LogP contribution in [0.15, 0.2) is 0 Å². The van der Waals surface area contributed by atoms with Crippen LogP contribution in [0.2, 0.25) is 0 Å². The summed E-state index contributed by atoms with van der Waals surface area (Å²) in [7, 11) is 0.